The number of nitriles is 1. The third kappa shape index (κ3) is 6.13. The van der Waals surface area contributed by atoms with Gasteiger partial charge in [0.05, 0.1) is 4.90 Å². The fourth-order valence-corrected chi connectivity index (χ4v) is 5.84. The molecule has 0 unspecified atom stereocenters. The van der Waals surface area contributed by atoms with Crippen LogP contribution >= 0.6 is 0 Å². The van der Waals surface area contributed by atoms with Gasteiger partial charge in [-0.2, -0.15) is 5.26 Å². The summed E-state index contributed by atoms with van der Waals surface area (Å²) in [5.41, 5.74) is 0. The van der Waals surface area contributed by atoms with E-state index >= 15 is 0 Å². The summed E-state index contributed by atoms with van der Waals surface area (Å²) in [7, 11) is -5.80. The first-order chi connectivity index (χ1) is 15.0. The number of aliphatic hydroxyl groups excluding tert-OH is 1. The summed E-state index contributed by atoms with van der Waals surface area (Å²) in [4.78, 5) is 3.76. The molecule has 9 heteroatoms. The first-order valence-electron chi connectivity index (χ1n) is 11.1. The van der Waals surface area contributed by atoms with Gasteiger partial charge in [0, 0.05) is 39.4 Å². The van der Waals surface area contributed by atoms with Gasteiger partial charge < -0.3 is 19.3 Å². The van der Waals surface area contributed by atoms with Crippen LogP contribution in [0.15, 0.2) is 46.0 Å². The molecule has 2 rings (SSSR count). The molecule has 1 aliphatic rings. The van der Waals surface area contributed by atoms with E-state index in [0.29, 0.717) is 45.0 Å². The van der Waals surface area contributed by atoms with E-state index in [-0.39, 0.29) is 21.4 Å². The molecular weight excluding hydrogens is 442 g/mol. The number of sulfone groups is 1. The Morgan fingerprint density at radius 2 is 1.69 bits per heavy atom. The summed E-state index contributed by atoms with van der Waals surface area (Å²) >= 11 is 0. The maximum Gasteiger partial charge on any atom is 0.220 e. The van der Waals surface area contributed by atoms with Crippen LogP contribution in [-0.2, 0) is 14.3 Å². The molecule has 0 aliphatic carbocycles. The quantitative estimate of drug-likeness (QED) is 0.311. The maximum absolute atomic E-state index is 13.3. The molecule has 0 bridgehead atoms. The molecule has 1 aromatic carbocycles. The van der Waals surface area contributed by atoms with Crippen LogP contribution in [0.5, 0.6) is 0 Å². The molecule has 1 aromatic rings. The summed E-state index contributed by atoms with van der Waals surface area (Å²) in [6, 6.07) is 10.1. The van der Waals surface area contributed by atoms with Crippen LogP contribution in [0.25, 0.3) is 0 Å². The molecule has 32 heavy (non-hydrogen) atoms. The lowest BCUT2D eigenvalue weighted by atomic mass is 10.2. The molecular formula is C23H37N3O4SSi. The van der Waals surface area contributed by atoms with Crippen molar-refractivity contribution in [1.29, 1.82) is 5.26 Å². The van der Waals surface area contributed by atoms with Crippen molar-refractivity contribution < 1.29 is 18.0 Å². The van der Waals surface area contributed by atoms with E-state index in [1.807, 2.05) is 15.9 Å². The highest BCUT2D eigenvalue weighted by Crippen LogP contribution is 2.36. The molecule has 0 atom stereocenters. The van der Waals surface area contributed by atoms with Crippen molar-refractivity contribution >= 4 is 18.2 Å². The normalized spacial score (nSPS) is 16.9. The van der Waals surface area contributed by atoms with Crippen LogP contribution in [-0.4, -0.2) is 71.0 Å². The number of hydrogen-bond acceptors (Lipinski definition) is 7. The SMILES string of the molecule is CC(C)(C)[Si](C)(C)OCCCN1CCN(CCCO)/C1=C(\C#N)S(=O)(=O)c1ccccc1. The van der Waals surface area contributed by atoms with Crippen molar-refractivity contribution in [3.05, 3.63) is 41.1 Å². The molecule has 0 radical (unpaired) electrons. The van der Waals surface area contributed by atoms with Crippen LogP contribution < -0.4 is 0 Å². The van der Waals surface area contributed by atoms with E-state index in [1.165, 1.54) is 12.1 Å². The Kier molecular flexibility index (Phi) is 8.94. The van der Waals surface area contributed by atoms with Crippen molar-refractivity contribution in [2.24, 2.45) is 0 Å². The predicted octanol–water partition coefficient (Wildman–Crippen LogP) is 3.56. The highest BCUT2D eigenvalue weighted by atomic mass is 32.2. The molecule has 1 fully saturated rings. The lowest BCUT2D eigenvalue weighted by molar-refractivity contribution is 0.243. The van der Waals surface area contributed by atoms with Crippen molar-refractivity contribution in [2.45, 2.75) is 56.6 Å². The summed E-state index contributed by atoms with van der Waals surface area (Å²) in [6.07, 6.45) is 1.25. The average Bonchev–Trinajstić information content (AvgIpc) is 3.12. The second-order valence-electron chi connectivity index (χ2n) is 9.59. The van der Waals surface area contributed by atoms with E-state index < -0.39 is 18.2 Å². The van der Waals surface area contributed by atoms with Gasteiger partial charge in [-0.1, -0.05) is 39.0 Å². The van der Waals surface area contributed by atoms with Gasteiger partial charge in [-0.15, -0.1) is 0 Å². The zero-order valence-corrected chi connectivity index (χ0v) is 21.8. The van der Waals surface area contributed by atoms with Crippen molar-refractivity contribution in [3.8, 4) is 6.07 Å². The minimum atomic E-state index is -3.95. The van der Waals surface area contributed by atoms with Crippen LogP contribution in [0.1, 0.15) is 33.6 Å². The predicted molar refractivity (Wildman–Crippen MR) is 129 cm³/mol. The van der Waals surface area contributed by atoms with Crippen LogP contribution in [0, 0.1) is 11.3 Å². The maximum atomic E-state index is 13.3. The zero-order valence-electron chi connectivity index (χ0n) is 20.0. The van der Waals surface area contributed by atoms with Crippen LogP contribution in [0.2, 0.25) is 18.1 Å². The fourth-order valence-electron chi connectivity index (χ4n) is 3.38. The van der Waals surface area contributed by atoms with Crippen LogP contribution in [0.4, 0.5) is 0 Å². The Hall–Kier alpha value is -1.86. The lowest BCUT2D eigenvalue weighted by Gasteiger charge is -2.36. The fraction of sp³-hybridized carbons (Fsp3) is 0.609. The first kappa shape index (κ1) is 26.4. The topological polar surface area (TPSA) is 93.9 Å². The third-order valence-corrected chi connectivity index (χ3v) is 12.5. The second-order valence-corrected chi connectivity index (χ2v) is 16.3. The van der Waals surface area contributed by atoms with E-state index in [1.54, 1.807) is 18.2 Å². The number of benzene rings is 1. The number of nitrogens with zero attached hydrogens (tertiary/aromatic N) is 3. The molecule has 1 aliphatic heterocycles. The minimum absolute atomic E-state index is 0.0114. The molecule has 1 saturated heterocycles. The van der Waals surface area contributed by atoms with Gasteiger partial charge >= 0.3 is 0 Å². The Morgan fingerprint density at radius 3 is 2.19 bits per heavy atom. The molecule has 1 heterocycles. The number of aliphatic hydroxyl groups is 1. The highest BCUT2D eigenvalue weighted by Gasteiger charge is 2.37. The molecule has 7 nitrogen and oxygen atoms in total. The molecule has 0 spiro atoms. The number of hydrogen-bond donors (Lipinski definition) is 1. The average molecular weight is 480 g/mol. The number of allylic oxidation sites excluding steroid dienone is 1. The molecule has 178 valence electrons. The van der Waals surface area contributed by atoms with Crippen LogP contribution in [0.3, 0.4) is 0 Å². The lowest BCUT2D eigenvalue weighted by Crippen LogP contribution is -2.41. The van der Waals surface area contributed by atoms with Gasteiger partial charge in [0.2, 0.25) is 9.84 Å². The third-order valence-electron chi connectivity index (χ3n) is 6.29. The van der Waals surface area contributed by atoms with Gasteiger partial charge in [0.1, 0.15) is 11.9 Å². The highest BCUT2D eigenvalue weighted by molar-refractivity contribution is 7.95. The Bertz CT molecular complexity index is 934. The van der Waals surface area contributed by atoms with Crippen molar-refractivity contribution in [3.63, 3.8) is 0 Å². The summed E-state index contributed by atoms with van der Waals surface area (Å²) in [5, 5.41) is 19.3. The second kappa shape index (κ2) is 10.8. The van der Waals surface area contributed by atoms with E-state index in [2.05, 4.69) is 33.9 Å². The van der Waals surface area contributed by atoms with Gasteiger partial charge in [-0.3, -0.25) is 0 Å². The summed E-state index contributed by atoms with van der Waals surface area (Å²) in [6.45, 7) is 14.0. The number of rotatable bonds is 10. The molecule has 1 N–H and O–H groups in total. The van der Waals surface area contributed by atoms with Crippen molar-refractivity contribution in [2.75, 3.05) is 39.4 Å². The molecule has 0 amide bonds. The zero-order chi connectivity index (χ0) is 24.0. The standard InChI is InChI=1S/C23H37N3O4SSi/c1-23(2,3)32(4,5)30-18-10-14-26-16-15-25(13-9-17-27)22(26)21(19-24)31(28,29)20-11-7-6-8-12-20/h6-8,11-12,27H,9-10,13-18H2,1-5H3/b22-21-. The monoisotopic (exact) mass is 479 g/mol. The van der Waals surface area contributed by atoms with Gasteiger partial charge in [0.15, 0.2) is 13.2 Å². The first-order valence-corrected chi connectivity index (χ1v) is 15.5. The van der Waals surface area contributed by atoms with E-state index in [4.69, 9.17) is 4.43 Å². The van der Waals surface area contributed by atoms with E-state index in [0.717, 1.165) is 6.42 Å². The summed E-state index contributed by atoms with van der Waals surface area (Å²) < 4.78 is 32.8. The minimum Gasteiger partial charge on any atom is -0.417 e. The van der Waals surface area contributed by atoms with E-state index in [9.17, 15) is 18.8 Å². The molecule has 0 aromatic heterocycles. The van der Waals surface area contributed by atoms with Gasteiger partial charge in [-0.05, 0) is 43.1 Å². The van der Waals surface area contributed by atoms with Crippen molar-refractivity contribution in [1.82, 2.24) is 9.80 Å². The molecule has 0 saturated carbocycles. The van der Waals surface area contributed by atoms with Gasteiger partial charge in [0.25, 0.3) is 0 Å². The summed E-state index contributed by atoms with van der Waals surface area (Å²) in [5.74, 6) is 0.442. The van der Waals surface area contributed by atoms with Gasteiger partial charge in [-0.25, -0.2) is 8.42 Å². The largest absolute Gasteiger partial charge is 0.417 e. The Morgan fingerprint density at radius 1 is 1.12 bits per heavy atom. The Labute approximate surface area is 194 Å². The Balaban J connectivity index is 2.28. The smallest absolute Gasteiger partial charge is 0.220 e.